The number of likely N-dealkylation sites (tertiary alicyclic amines) is 1. The Balaban J connectivity index is 1.82. The van der Waals surface area contributed by atoms with Gasteiger partial charge in [0, 0.05) is 12.6 Å². The predicted octanol–water partition coefficient (Wildman–Crippen LogP) is 5.31. The summed E-state index contributed by atoms with van der Waals surface area (Å²) in [6.07, 6.45) is 15.6. The van der Waals surface area contributed by atoms with E-state index in [0.717, 1.165) is 42.9 Å². The Morgan fingerprint density at radius 2 is 2.03 bits per heavy atom. The van der Waals surface area contributed by atoms with Crippen molar-refractivity contribution in [3.8, 4) is 0 Å². The van der Waals surface area contributed by atoms with E-state index in [9.17, 15) is 4.79 Å². The van der Waals surface area contributed by atoms with Gasteiger partial charge in [-0.15, -0.1) is 0 Å². The lowest BCUT2D eigenvalue weighted by molar-refractivity contribution is 0.0995. The second-order valence-corrected chi connectivity index (χ2v) is 10.3. The minimum Gasteiger partial charge on any atom is -0.364 e. The number of allylic oxidation sites excluding steroid dienone is 5. The number of carbonyl (C=O) groups excluding carboxylic acids is 1. The van der Waals surface area contributed by atoms with E-state index in [-0.39, 0.29) is 17.2 Å². The number of nitrogens with one attached hydrogen (secondary N) is 1. The second-order valence-electron chi connectivity index (χ2n) is 10.3. The molecule has 1 unspecified atom stereocenters. The summed E-state index contributed by atoms with van der Waals surface area (Å²) in [5.74, 6) is 0.286. The molecule has 2 aromatic rings. The molecule has 1 amide bonds. The van der Waals surface area contributed by atoms with Gasteiger partial charge in [-0.05, 0) is 76.2 Å². The minimum absolute atomic E-state index is 0.0427. The number of imidazole rings is 1. The molecule has 1 fully saturated rings. The lowest BCUT2D eigenvalue weighted by Gasteiger charge is -2.30. The molecule has 0 radical (unpaired) electrons. The average Bonchev–Trinajstić information content (AvgIpc) is 3.15. The van der Waals surface area contributed by atoms with Crippen molar-refractivity contribution < 1.29 is 4.79 Å². The first kappa shape index (κ1) is 26.7. The number of aryl methyl sites for hydroxylation is 1. The fourth-order valence-electron chi connectivity index (χ4n) is 5.10. The van der Waals surface area contributed by atoms with Crippen LogP contribution in [0.15, 0.2) is 48.7 Å². The van der Waals surface area contributed by atoms with E-state index in [1.807, 2.05) is 13.0 Å². The maximum absolute atomic E-state index is 11.8. The fourth-order valence-corrected chi connectivity index (χ4v) is 5.10. The molecule has 0 saturated carbocycles. The van der Waals surface area contributed by atoms with Gasteiger partial charge < -0.3 is 20.5 Å². The zero-order valence-corrected chi connectivity index (χ0v) is 21.9. The number of nitrogens with two attached hydrogens (primary N) is 1. The maximum atomic E-state index is 11.8. The lowest BCUT2D eigenvalue weighted by atomic mass is 9.78. The van der Waals surface area contributed by atoms with Gasteiger partial charge in [0.1, 0.15) is 11.2 Å². The molecule has 0 aromatic carbocycles. The van der Waals surface area contributed by atoms with E-state index in [0.29, 0.717) is 0 Å². The van der Waals surface area contributed by atoms with Crippen molar-refractivity contribution in [1.82, 2.24) is 19.4 Å². The third kappa shape index (κ3) is 7.04. The molecule has 0 spiro atoms. The van der Waals surface area contributed by atoms with Gasteiger partial charge in [0.2, 0.25) is 5.95 Å². The van der Waals surface area contributed by atoms with Crippen LogP contribution in [0, 0.1) is 5.41 Å². The van der Waals surface area contributed by atoms with Gasteiger partial charge in [0.25, 0.3) is 5.91 Å². The molecule has 0 aliphatic carbocycles. The van der Waals surface area contributed by atoms with E-state index in [1.54, 1.807) is 12.3 Å². The molecule has 1 aliphatic heterocycles. The van der Waals surface area contributed by atoms with E-state index in [1.165, 1.54) is 37.9 Å². The number of carbonyl (C=O) groups is 1. The van der Waals surface area contributed by atoms with Crippen molar-refractivity contribution >= 4 is 22.9 Å². The summed E-state index contributed by atoms with van der Waals surface area (Å²) in [6, 6.07) is 1.94. The largest absolute Gasteiger partial charge is 0.364 e. The van der Waals surface area contributed by atoms with Crippen molar-refractivity contribution in [3.05, 3.63) is 54.4 Å². The molecular formula is C28H42N6O. The van der Waals surface area contributed by atoms with Crippen LogP contribution >= 0.6 is 0 Å². The smallest absolute Gasteiger partial charge is 0.267 e. The third-order valence-corrected chi connectivity index (χ3v) is 6.81. The van der Waals surface area contributed by atoms with Crippen molar-refractivity contribution in [1.29, 1.82) is 0 Å². The van der Waals surface area contributed by atoms with Crippen LogP contribution in [0.1, 0.15) is 70.3 Å². The Morgan fingerprint density at radius 3 is 2.69 bits per heavy atom. The minimum atomic E-state index is -0.525. The number of rotatable bonds is 12. The Labute approximate surface area is 210 Å². The topological polar surface area (TPSA) is 89.1 Å². The van der Waals surface area contributed by atoms with Gasteiger partial charge >= 0.3 is 0 Å². The normalized spacial score (nSPS) is 16.6. The third-order valence-electron chi connectivity index (χ3n) is 6.81. The summed E-state index contributed by atoms with van der Waals surface area (Å²) in [5, 5.41) is 3.65. The molecule has 1 aliphatic rings. The van der Waals surface area contributed by atoms with Crippen molar-refractivity contribution in [2.75, 3.05) is 25.0 Å². The van der Waals surface area contributed by atoms with Crippen molar-refractivity contribution in [3.63, 3.8) is 0 Å². The SMILES string of the molecule is C=C/C=C(\C=C/C)C(C)(C)CC(C)Nc1nc2cnc(C(N)=O)cc2n1CCCN1CCCCC1. The number of piperidine rings is 1. The number of amides is 1. The summed E-state index contributed by atoms with van der Waals surface area (Å²) in [4.78, 5) is 23.4. The van der Waals surface area contributed by atoms with E-state index in [2.05, 4.69) is 65.3 Å². The molecule has 2 aromatic heterocycles. The molecule has 7 heteroatoms. The molecule has 3 N–H and O–H groups in total. The summed E-state index contributed by atoms with van der Waals surface area (Å²) in [5.41, 5.74) is 8.64. The molecule has 35 heavy (non-hydrogen) atoms. The maximum Gasteiger partial charge on any atom is 0.267 e. The van der Waals surface area contributed by atoms with Crippen LogP contribution in [0.25, 0.3) is 11.0 Å². The second kappa shape index (κ2) is 12.2. The van der Waals surface area contributed by atoms with Crippen molar-refractivity contribution in [2.24, 2.45) is 11.1 Å². The Hall–Kier alpha value is -2.93. The van der Waals surface area contributed by atoms with Gasteiger partial charge in [-0.3, -0.25) is 4.79 Å². The van der Waals surface area contributed by atoms with Crippen LogP contribution in [-0.4, -0.2) is 51.0 Å². The molecular weight excluding hydrogens is 436 g/mol. The number of nitrogens with zero attached hydrogens (tertiary/aromatic N) is 4. The highest BCUT2D eigenvalue weighted by molar-refractivity contribution is 5.94. The average molecular weight is 479 g/mol. The first-order valence-electron chi connectivity index (χ1n) is 12.9. The highest BCUT2D eigenvalue weighted by Gasteiger charge is 2.25. The van der Waals surface area contributed by atoms with E-state index < -0.39 is 5.91 Å². The molecule has 1 atom stereocenters. The van der Waals surface area contributed by atoms with Crippen molar-refractivity contribution in [2.45, 2.75) is 72.4 Å². The van der Waals surface area contributed by atoms with Crippen LogP contribution in [-0.2, 0) is 6.54 Å². The van der Waals surface area contributed by atoms with Crippen LogP contribution in [0.4, 0.5) is 5.95 Å². The number of primary amides is 1. The van der Waals surface area contributed by atoms with Crippen LogP contribution < -0.4 is 11.1 Å². The number of pyridine rings is 1. The van der Waals surface area contributed by atoms with Gasteiger partial charge in [-0.1, -0.05) is 51.2 Å². The van der Waals surface area contributed by atoms with Crippen LogP contribution in [0.3, 0.4) is 0 Å². The molecule has 7 nitrogen and oxygen atoms in total. The molecule has 1 saturated heterocycles. The van der Waals surface area contributed by atoms with Gasteiger partial charge in [0.05, 0.1) is 11.7 Å². The summed E-state index contributed by atoms with van der Waals surface area (Å²) < 4.78 is 2.18. The zero-order valence-electron chi connectivity index (χ0n) is 21.9. The Kier molecular flexibility index (Phi) is 9.26. The van der Waals surface area contributed by atoms with Gasteiger partial charge in [-0.2, -0.15) is 0 Å². The number of anilines is 1. The van der Waals surface area contributed by atoms with Gasteiger partial charge in [-0.25, -0.2) is 9.97 Å². The summed E-state index contributed by atoms with van der Waals surface area (Å²) in [7, 11) is 0. The standard InChI is InChI=1S/C28H42N6O/c1-6-12-22(13-7-2)28(4,5)19-21(3)31-27-32-24-20-30-23(26(29)35)18-25(24)34(27)17-11-16-33-14-9-8-10-15-33/h6-7,12-13,18,20-21H,1,8-11,14-17,19H2,2-5H3,(H2,29,35)(H,31,32)/b13-7-,22-12+. The molecule has 0 bridgehead atoms. The Morgan fingerprint density at radius 1 is 1.29 bits per heavy atom. The highest BCUT2D eigenvalue weighted by atomic mass is 16.1. The number of aromatic nitrogens is 3. The van der Waals surface area contributed by atoms with Crippen LogP contribution in [0.2, 0.25) is 0 Å². The molecule has 3 heterocycles. The predicted molar refractivity (Wildman–Crippen MR) is 146 cm³/mol. The monoisotopic (exact) mass is 478 g/mol. The lowest BCUT2D eigenvalue weighted by Crippen LogP contribution is -2.31. The van der Waals surface area contributed by atoms with E-state index in [4.69, 9.17) is 10.7 Å². The first-order chi connectivity index (χ1) is 16.7. The quantitative estimate of drug-likeness (QED) is 0.404. The fraction of sp³-hybridized carbons (Fsp3) is 0.536. The van der Waals surface area contributed by atoms with Gasteiger partial charge in [0.15, 0.2) is 0 Å². The number of hydrogen-bond donors (Lipinski definition) is 2. The summed E-state index contributed by atoms with van der Waals surface area (Å²) in [6.45, 7) is 16.9. The van der Waals surface area contributed by atoms with E-state index >= 15 is 0 Å². The highest BCUT2D eigenvalue weighted by Crippen LogP contribution is 2.34. The zero-order chi connectivity index (χ0) is 25.4. The molecule has 190 valence electrons. The number of hydrogen-bond acceptors (Lipinski definition) is 5. The summed E-state index contributed by atoms with van der Waals surface area (Å²) >= 11 is 0. The van der Waals surface area contributed by atoms with Crippen LogP contribution in [0.5, 0.6) is 0 Å². The molecule has 3 rings (SSSR count). The number of fused-ring (bicyclic) bond motifs is 1. The first-order valence-corrected chi connectivity index (χ1v) is 12.9. The Bertz CT molecular complexity index is 1070.